The third kappa shape index (κ3) is 7.14. The van der Waals surface area contributed by atoms with E-state index in [-0.39, 0.29) is 24.0 Å². The molecule has 0 bridgehead atoms. The van der Waals surface area contributed by atoms with E-state index in [0.29, 0.717) is 11.7 Å². The number of ether oxygens (including phenoxy) is 1. The monoisotopic (exact) mass is 527 g/mol. The Labute approximate surface area is 196 Å². The van der Waals surface area contributed by atoms with Gasteiger partial charge in [-0.3, -0.25) is 4.99 Å². The minimum Gasteiger partial charge on any atom is -0.497 e. The number of aryl methyl sites for hydroxylation is 1. The van der Waals surface area contributed by atoms with Crippen molar-refractivity contribution in [2.75, 3.05) is 33.8 Å². The summed E-state index contributed by atoms with van der Waals surface area (Å²) < 4.78 is 10.6. The molecule has 1 aromatic heterocycles. The van der Waals surface area contributed by atoms with Gasteiger partial charge in [-0.1, -0.05) is 18.5 Å². The van der Waals surface area contributed by atoms with Crippen LogP contribution in [0.3, 0.4) is 0 Å². The molecule has 1 aliphatic heterocycles. The van der Waals surface area contributed by atoms with Crippen LogP contribution in [0.15, 0.2) is 33.8 Å². The maximum absolute atomic E-state index is 5.39. The Hall–Kier alpha value is -1.84. The smallest absolute Gasteiger partial charge is 0.226 e. The van der Waals surface area contributed by atoms with Crippen LogP contribution in [0.5, 0.6) is 5.75 Å². The summed E-state index contributed by atoms with van der Waals surface area (Å²) in [6.45, 7) is 5.47. The van der Waals surface area contributed by atoms with E-state index < -0.39 is 0 Å². The molecule has 0 spiro atoms. The Kier molecular flexibility index (Phi) is 10.4. The van der Waals surface area contributed by atoms with Crippen molar-refractivity contribution in [3.8, 4) is 17.1 Å². The zero-order valence-electron chi connectivity index (χ0n) is 18.3. The summed E-state index contributed by atoms with van der Waals surface area (Å²) in [4.78, 5) is 11.3. The largest absolute Gasteiger partial charge is 0.497 e. The van der Waals surface area contributed by atoms with Gasteiger partial charge in [0.05, 0.1) is 7.11 Å². The number of hydrogen-bond donors (Lipinski definition) is 1. The van der Waals surface area contributed by atoms with Crippen molar-refractivity contribution in [2.24, 2.45) is 10.9 Å². The zero-order chi connectivity index (χ0) is 20.5. The molecular weight excluding hydrogens is 493 g/mol. The summed E-state index contributed by atoms with van der Waals surface area (Å²) >= 11 is 0. The third-order valence-corrected chi connectivity index (χ3v) is 5.34. The molecule has 1 fully saturated rings. The second-order valence-electron chi connectivity index (χ2n) is 7.72. The number of unbranched alkanes of at least 4 members (excludes halogenated alkanes) is 2. The van der Waals surface area contributed by atoms with Crippen LogP contribution in [0.4, 0.5) is 0 Å². The Bertz CT molecular complexity index is 778. The number of benzene rings is 1. The molecule has 30 heavy (non-hydrogen) atoms. The van der Waals surface area contributed by atoms with E-state index in [2.05, 4.69) is 32.3 Å². The normalized spacial score (nSPS) is 16.8. The van der Waals surface area contributed by atoms with E-state index >= 15 is 0 Å². The van der Waals surface area contributed by atoms with Crippen molar-refractivity contribution >= 4 is 29.9 Å². The first-order chi connectivity index (χ1) is 14.2. The second-order valence-corrected chi connectivity index (χ2v) is 7.72. The number of guanidine groups is 1. The van der Waals surface area contributed by atoms with E-state index in [1.807, 2.05) is 31.3 Å². The van der Waals surface area contributed by atoms with Crippen LogP contribution in [-0.2, 0) is 6.42 Å². The molecule has 2 heterocycles. The van der Waals surface area contributed by atoms with Crippen molar-refractivity contribution in [3.05, 3.63) is 30.2 Å². The Morgan fingerprint density at radius 2 is 2.07 bits per heavy atom. The first-order valence-electron chi connectivity index (χ1n) is 10.6. The van der Waals surface area contributed by atoms with Gasteiger partial charge in [0, 0.05) is 38.7 Å². The van der Waals surface area contributed by atoms with Crippen LogP contribution in [0.25, 0.3) is 11.4 Å². The first-order valence-corrected chi connectivity index (χ1v) is 10.6. The van der Waals surface area contributed by atoms with Gasteiger partial charge in [0.2, 0.25) is 11.7 Å². The van der Waals surface area contributed by atoms with Gasteiger partial charge in [-0.05, 0) is 55.9 Å². The molecule has 2 aromatic rings. The standard InChI is InChI=1S/C22H33N5O2.HI/c1-17-8-7-15-27(16-17)22(23-2)24-14-6-4-5-9-20-25-21(26-29-20)18-10-12-19(28-3)13-11-18;/h10-13,17H,4-9,14-16H2,1-3H3,(H,23,24);1H. The molecular formula is C22H34IN5O2. The molecule has 166 valence electrons. The summed E-state index contributed by atoms with van der Waals surface area (Å²) in [5, 5.41) is 7.60. The topological polar surface area (TPSA) is 75.8 Å². The van der Waals surface area contributed by atoms with E-state index in [0.717, 1.165) is 68.5 Å². The molecule has 0 radical (unpaired) electrons. The van der Waals surface area contributed by atoms with Gasteiger partial charge >= 0.3 is 0 Å². The van der Waals surface area contributed by atoms with Crippen LogP contribution in [0.1, 0.15) is 44.9 Å². The summed E-state index contributed by atoms with van der Waals surface area (Å²) in [5.74, 6) is 3.93. The molecule has 1 unspecified atom stereocenters. The Morgan fingerprint density at radius 3 is 2.77 bits per heavy atom. The van der Waals surface area contributed by atoms with E-state index in [4.69, 9.17) is 9.26 Å². The minimum atomic E-state index is 0. The number of aromatic nitrogens is 2. The fourth-order valence-corrected chi connectivity index (χ4v) is 3.71. The van der Waals surface area contributed by atoms with Crippen LogP contribution in [0, 0.1) is 5.92 Å². The average Bonchev–Trinajstić information content (AvgIpc) is 3.22. The molecule has 0 aliphatic carbocycles. The number of nitrogens with zero attached hydrogens (tertiary/aromatic N) is 4. The lowest BCUT2D eigenvalue weighted by molar-refractivity contribution is 0.266. The number of piperidine rings is 1. The van der Waals surface area contributed by atoms with Gasteiger partial charge in [-0.15, -0.1) is 24.0 Å². The van der Waals surface area contributed by atoms with Gasteiger partial charge in [-0.25, -0.2) is 0 Å². The molecule has 8 heteroatoms. The number of halogens is 1. The highest BCUT2D eigenvalue weighted by Gasteiger charge is 2.18. The van der Waals surface area contributed by atoms with Crippen molar-refractivity contribution in [3.63, 3.8) is 0 Å². The van der Waals surface area contributed by atoms with Crippen molar-refractivity contribution < 1.29 is 9.26 Å². The molecule has 1 N–H and O–H groups in total. The molecule has 3 rings (SSSR count). The Balaban J connectivity index is 0.00000320. The fourth-order valence-electron chi connectivity index (χ4n) is 3.71. The molecule has 0 amide bonds. The van der Waals surface area contributed by atoms with Crippen LogP contribution in [0.2, 0.25) is 0 Å². The number of rotatable bonds is 8. The second kappa shape index (κ2) is 12.8. The van der Waals surface area contributed by atoms with Crippen LogP contribution < -0.4 is 10.1 Å². The van der Waals surface area contributed by atoms with Crippen molar-refractivity contribution in [1.82, 2.24) is 20.4 Å². The van der Waals surface area contributed by atoms with E-state index in [9.17, 15) is 0 Å². The van der Waals surface area contributed by atoms with Gasteiger partial charge in [0.15, 0.2) is 5.96 Å². The average molecular weight is 527 g/mol. The summed E-state index contributed by atoms with van der Waals surface area (Å²) in [5.41, 5.74) is 0.934. The predicted molar refractivity (Wildman–Crippen MR) is 131 cm³/mol. The molecule has 7 nitrogen and oxygen atoms in total. The highest BCUT2D eigenvalue weighted by atomic mass is 127. The quantitative estimate of drug-likeness (QED) is 0.238. The molecule has 0 saturated carbocycles. The lowest BCUT2D eigenvalue weighted by atomic mass is 10.0. The van der Waals surface area contributed by atoms with E-state index in [1.165, 1.54) is 12.8 Å². The number of hydrogen-bond acceptors (Lipinski definition) is 5. The maximum atomic E-state index is 5.39. The number of methoxy groups -OCH3 is 1. The van der Waals surface area contributed by atoms with Gasteiger partial charge in [-0.2, -0.15) is 4.98 Å². The number of likely N-dealkylation sites (tertiary alicyclic amines) is 1. The highest BCUT2D eigenvalue weighted by molar-refractivity contribution is 14.0. The zero-order valence-corrected chi connectivity index (χ0v) is 20.6. The lowest BCUT2D eigenvalue weighted by Gasteiger charge is -2.33. The van der Waals surface area contributed by atoms with Crippen molar-refractivity contribution in [1.29, 1.82) is 0 Å². The molecule has 1 atom stereocenters. The predicted octanol–water partition coefficient (Wildman–Crippen LogP) is 4.38. The molecule has 1 aliphatic rings. The summed E-state index contributed by atoms with van der Waals surface area (Å²) in [7, 11) is 3.53. The van der Waals surface area contributed by atoms with Crippen molar-refractivity contribution in [2.45, 2.75) is 45.4 Å². The Morgan fingerprint density at radius 1 is 1.27 bits per heavy atom. The SMILES string of the molecule is CN=C(NCCCCCc1nc(-c2ccc(OC)cc2)no1)N1CCCC(C)C1.I. The molecule has 1 saturated heterocycles. The van der Waals surface area contributed by atoms with Crippen LogP contribution >= 0.6 is 24.0 Å². The highest BCUT2D eigenvalue weighted by Crippen LogP contribution is 2.20. The third-order valence-electron chi connectivity index (χ3n) is 5.34. The summed E-state index contributed by atoms with van der Waals surface area (Å²) in [6.07, 6.45) is 6.63. The molecule has 1 aromatic carbocycles. The van der Waals surface area contributed by atoms with Crippen LogP contribution in [-0.4, -0.2) is 54.8 Å². The van der Waals surface area contributed by atoms with Gasteiger partial charge in [0.1, 0.15) is 5.75 Å². The fraction of sp³-hybridized carbons (Fsp3) is 0.591. The summed E-state index contributed by atoms with van der Waals surface area (Å²) in [6, 6.07) is 7.68. The minimum absolute atomic E-state index is 0. The maximum Gasteiger partial charge on any atom is 0.226 e. The number of nitrogens with one attached hydrogen (secondary N) is 1. The number of aliphatic imine (C=N–C) groups is 1. The first kappa shape index (κ1) is 24.4. The van der Waals surface area contributed by atoms with Gasteiger partial charge < -0.3 is 19.5 Å². The lowest BCUT2D eigenvalue weighted by Crippen LogP contribution is -2.46. The van der Waals surface area contributed by atoms with E-state index in [1.54, 1.807) is 7.11 Å². The van der Waals surface area contributed by atoms with Gasteiger partial charge in [0.25, 0.3) is 0 Å².